The maximum absolute atomic E-state index is 10.8. The second kappa shape index (κ2) is 7.87. The molecule has 134 valence electrons. The molecule has 3 rings (SSSR count). The molecule has 0 unspecified atom stereocenters. The smallest absolute Gasteiger partial charge is 0.269 e. The second-order valence-corrected chi connectivity index (χ2v) is 6.23. The Kier molecular flexibility index (Phi) is 5.37. The molecule has 0 radical (unpaired) electrons. The van der Waals surface area contributed by atoms with Gasteiger partial charge in [-0.25, -0.2) is 4.98 Å². The van der Waals surface area contributed by atoms with Gasteiger partial charge in [0.15, 0.2) is 5.82 Å². The van der Waals surface area contributed by atoms with E-state index in [1.807, 2.05) is 18.2 Å². The standard InChI is InChI=1S/C17H16N4O4S/c1-24-14-7-12(8-15(9-14)25-2)16-18-17(20-19-16)26-10-11-4-3-5-13(6-11)21(22)23/h3-9H,10H2,1-2H3,(H,18,19,20). The van der Waals surface area contributed by atoms with E-state index in [0.29, 0.717) is 28.2 Å². The number of rotatable bonds is 7. The quantitative estimate of drug-likeness (QED) is 0.383. The summed E-state index contributed by atoms with van der Waals surface area (Å²) in [5, 5.41) is 18.5. The number of H-pyrrole nitrogens is 1. The van der Waals surface area contributed by atoms with E-state index >= 15 is 0 Å². The number of non-ortho nitro benzene ring substituents is 1. The molecule has 0 spiro atoms. The summed E-state index contributed by atoms with van der Waals surface area (Å²) in [5.74, 6) is 2.42. The lowest BCUT2D eigenvalue weighted by Crippen LogP contribution is -1.90. The zero-order chi connectivity index (χ0) is 18.5. The highest BCUT2D eigenvalue weighted by atomic mass is 32.2. The first-order valence-corrected chi connectivity index (χ1v) is 8.59. The van der Waals surface area contributed by atoms with Gasteiger partial charge >= 0.3 is 0 Å². The molecule has 0 saturated carbocycles. The molecular weight excluding hydrogens is 356 g/mol. The van der Waals surface area contributed by atoms with Crippen LogP contribution in [0.25, 0.3) is 11.4 Å². The highest BCUT2D eigenvalue weighted by molar-refractivity contribution is 7.98. The molecule has 3 aromatic rings. The number of benzene rings is 2. The molecule has 9 heteroatoms. The van der Waals surface area contributed by atoms with Crippen LogP contribution in [0.2, 0.25) is 0 Å². The lowest BCUT2D eigenvalue weighted by Gasteiger charge is -2.06. The van der Waals surface area contributed by atoms with Crippen LogP contribution in [0.3, 0.4) is 0 Å². The van der Waals surface area contributed by atoms with Gasteiger partial charge in [-0.1, -0.05) is 23.9 Å². The molecule has 0 bridgehead atoms. The molecule has 0 aliphatic carbocycles. The second-order valence-electron chi connectivity index (χ2n) is 5.28. The van der Waals surface area contributed by atoms with E-state index in [-0.39, 0.29) is 5.69 Å². The van der Waals surface area contributed by atoms with Crippen molar-refractivity contribution in [2.75, 3.05) is 14.2 Å². The van der Waals surface area contributed by atoms with E-state index in [1.165, 1.54) is 17.8 Å². The lowest BCUT2D eigenvalue weighted by molar-refractivity contribution is -0.384. The minimum absolute atomic E-state index is 0.0715. The summed E-state index contributed by atoms with van der Waals surface area (Å²) in [6.07, 6.45) is 0. The number of nitro benzene ring substituents is 1. The number of hydrogen-bond acceptors (Lipinski definition) is 7. The van der Waals surface area contributed by atoms with Crippen LogP contribution >= 0.6 is 11.8 Å². The first-order valence-electron chi connectivity index (χ1n) is 7.61. The van der Waals surface area contributed by atoms with Gasteiger partial charge in [0, 0.05) is 29.5 Å². The van der Waals surface area contributed by atoms with E-state index in [9.17, 15) is 10.1 Å². The molecule has 2 aromatic carbocycles. The topological polar surface area (TPSA) is 103 Å². The highest BCUT2D eigenvalue weighted by Crippen LogP contribution is 2.29. The fourth-order valence-electron chi connectivity index (χ4n) is 2.29. The van der Waals surface area contributed by atoms with Crippen molar-refractivity contribution in [2.24, 2.45) is 0 Å². The Morgan fingerprint density at radius 2 is 1.88 bits per heavy atom. The highest BCUT2D eigenvalue weighted by Gasteiger charge is 2.11. The minimum atomic E-state index is -0.407. The van der Waals surface area contributed by atoms with E-state index < -0.39 is 4.92 Å². The number of hydrogen-bond donors (Lipinski definition) is 1. The lowest BCUT2D eigenvalue weighted by atomic mass is 10.2. The van der Waals surface area contributed by atoms with E-state index in [0.717, 1.165) is 11.1 Å². The predicted octanol–water partition coefficient (Wildman–Crippen LogP) is 3.69. The summed E-state index contributed by atoms with van der Waals surface area (Å²) in [5.41, 5.74) is 1.69. The Balaban J connectivity index is 1.74. The SMILES string of the molecule is COc1cc(OC)cc(-c2nc(SCc3cccc([N+](=O)[O-])c3)n[nH]2)c1. The van der Waals surface area contributed by atoms with Gasteiger partial charge in [0.25, 0.3) is 5.69 Å². The number of nitro groups is 1. The normalized spacial score (nSPS) is 10.5. The third-order valence-corrected chi connectivity index (χ3v) is 4.50. The van der Waals surface area contributed by atoms with Crippen molar-refractivity contribution in [1.29, 1.82) is 0 Å². The number of aromatic amines is 1. The molecule has 26 heavy (non-hydrogen) atoms. The number of thioether (sulfide) groups is 1. The number of ether oxygens (including phenoxy) is 2. The number of nitrogens with one attached hydrogen (secondary N) is 1. The summed E-state index contributed by atoms with van der Waals surface area (Å²) in [7, 11) is 3.17. The molecule has 1 heterocycles. The van der Waals surface area contributed by atoms with Crippen molar-refractivity contribution in [3.05, 3.63) is 58.1 Å². The van der Waals surface area contributed by atoms with E-state index in [1.54, 1.807) is 32.4 Å². The van der Waals surface area contributed by atoms with Crippen LogP contribution in [0.15, 0.2) is 47.6 Å². The van der Waals surface area contributed by atoms with Crippen LogP contribution in [-0.2, 0) is 5.75 Å². The zero-order valence-electron chi connectivity index (χ0n) is 14.1. The van der Waals surface area contributed by atoms with Gasteiger partial charge < -0.3 is 9.47 Å². The third kappa shape index (κ3) is 4.12. The van der Waals surface area contributed by atoms with Gasteiger partial charge in [0.05, 0.1) is 19.1 Å². The maximum Gasteiger partial charge on any atom is 0.269 e. The number of nitrogens with zero attached hydrogens (tertiary/aromatic N) is 3. The van der Waals surface area contributed by atoms with Gasteiger partial charge in [-0.05, 0) is 17.7 Å². The molecule has 0 saturated heterocycles. The van der Waals surface area contributed by atoms with Crippen molar-refractivity contribution in [1.82, 2.24) is 15.2 Å². The number of methoxy groups -OCH3 is 2. The predicted molar refractivity (Wildman–Crippen MR) is 97.6 cm³/mol. The largest absolute Gasteiger partial charge is 0.497 e. The zero-order valence-corrected chi connectivity index (χ0v) is 14.9. The van der Waals surface area contributed by atoms with E-state index in [4.69, 9.17) is 9.47 Å². The molecule has 1 N–H and O–H groups in total. The third-order valence-electron chi connectivity index (χ3n) is 3.58. The molecule has 0 aliphatic heterocycles. The fraction of sp³-hybridized carbons (Fsp3) is 0.176. The van der Waals surface area contributed by atoms with Crippen molar-refractivity contribution in [2.45, 2.75) is 10.9 Å². The Labute approximate surface area is 153 Å². The molecular formula is C17H16N4O4S. The molecule has 8 nitrogen and oxygen atoms in total. The van der Waals surface area contributed by atoms with Crippen LogP contribution in [0, 0.1) is 10.1 Å². The summed E-state index contributed by atoms with van der Waals surface area (Å²) < 4.78 is 10.5. The van der Waals surface area contributed by atoms with Crippen molar-refractivity contribution >= 4 is 17.4 Å². The van der Waals surface area contributed by atoms with Gasteiger partial charge in [-0.3, -0.25) is 15.2 Å². The Bertz CT molecular complexity index is 906. The Morgan fingerprint density at radius 3 is 2.54 bits per heavy atom. The monoisotopic (exact) mass is 372 g/mol. The average Bonchev–Trinajstić information content (AvgIpc) is 3.15. The molecule has 0 fully saturated rings. The molecule has 0 atom stereocenters. The van der Waals surface area contributed by atoms with Crippen molar-refractivity contribution in [3.63, 3.8) is 0 Å². The Morgan fingerprint density at radius 1 is 1.15 bits per heavy atom. The van der Waals surface area contributed by atoms with Gasteiger partial charge in [0.1, 0.15) is 11.5 Å². The van der Waals surface area contributed by atoms with Crippen LogP contribution in [0.5, 0.6) is 11.5 Å². The van der Waals surface area contributed by atoms with Crippen LogP contribution in [0.1, 0.15) is 5.56 Å². The van der Waals surface area contributed by atoms with Gasteiger partial charge in [-0.15, -0.1) is 5.10 Å². The first-order chi connectivity index (χ1) is 12.6. The number of aromatic nitrogens is 3. The first kappa shape index (κ1) is 17.7. The van der Waals surface area contributed by atoms with Crippen molar-refractivity contribution < 1.29 is 14.4 Å². The summed E-state index contributed by atoms with van der Waals surface area (Å²) >= 11 is 1.39. The Hall–Kier alpha value is -3.07. The fourth-order valence-corrected chi connectivity index (χ4v) is 3.03. The minimum Gasteiger partial charge on any atom is -0.497 e. The maximum atomic E-state index is 10.8. The van der Waals surface area contributed by atoms with Gasteiger partial charge in [0.2, 0.25) is 5.16 Å². The van der Waals surface area contributed by atoms with Gasteiger partial charge in [-0.2, -0.15) is 0 Å². The molecule has 0 aliphatic rings. The summed E-state index contributed by atoms with van der Waals surface area (Å²) in [6, 6.07) is 12.0. The van der Waals surface area contributed by atoms with Crippen LogP contribution < -0.4 is 9.47 Å². The summed E-state index contributed by atoms with van der Waals surface area (Å²) in [6.45, 7) is 0. The van der Waals surface area contributed by atoms with E-state index in [2.05, 4.69) is 15.2 Å². The van der Waals surface area contributed by atoms with Crippen LogP contribution in [-0.4, -0.2) is 34.3 Å². The van der Waals surface area contributed by atoms with Crippen LogP contribution in [0.4, 0.5) is 5.69 Å². The van der Waals surface area contributed by atoms with Crippen molar-refractivity contribution in [3.8, 4) is 22.9 Å². The average molecular weight is 372 g/mol. The molecule has 1 aromatic heterocycles. The molecule has 0 amide bonds. The summed E-state index contributed by atoms with van der Waals surface area (Å²) in [4.78, 5) is 14.9.